The summed E-state index contributed by atoms with van der Waals surface area (Å²) in [5, 5.41) is 8.88. The van der Waals surface area contributed by atoms with Crippen molar-refractivity contribution >= 4 is 11.6 Å². The van der Waals surface area contributed by atoms with Crippen LogP contribution in [0.15, 0.2) is 12.5 Å². The molecule has 0 aromatic carbocycles. The number of nitrogens with zero attached hydrogens (tertiary/aromatic N) is 4. The second kappa shape index (κ2) is 4.05. The van der Waals surface area contributed by atoms with Gasteiger partial charge in [-0.1, -0.05) is 0 Å². The molecule has 76 valence electrons. The number of carbonyl (C=O) groups excluding carboxylic acids is 1. The summed E-state index contributed by atoms with van der Waals surface area (Å²) >= 11 is 0. The van der Waals surface area contributed by atoms with Gasteiger partial charge in [0.1, 0.15) is 29.6 Å². The average Bonchev–Trinajstić information content (AvgIpc) is 2.30. The Bertz CT molecular complexity index is 414. The molecule has 0 saturated carbocycles. The maximum atomic E-state index is 11.1. The highest BCUT2D eigenvalue weighted by molar-refractivity contribution is 5.81. The van der Waals surface area contributed by atoms with Crippen molar-refractivity contribution in [3.8, 4) is 6.07 Å². The summed E-state index contributed by atoms with van der Waals surface area (Å²) in [6, 6.07) is 2.05. The SMILES string of the molecule is N#Cc1cncnc1N1CCC(=O)CC1. The number of piperidine rings is 1. The Morgan fingerprint density at radius 1 is 1.40 bits per heavy atom. The van der Waals surface area contributed by atoms with E-state index in [0.29, 0.717) is 37.3 Å². The van der Waals surface area contributed by atoms with Gasteiger partial charge in [0.25, 0.3) is 0 Å². The Balaban J connectivity index is 2.23. The summed E-state index contributed by atoms with van der Waals surface area (Å²) in [4.78, 5) is 20.9. The third kappa shape index (κ3) is 1.94. The summed E-state index contributed by atoms with van der Waals surface area (Å²) in [7, 11) is 0. The predicted molar refractivity (Wildman–Crippen MR) is 53.2 cm³/mol. The second-order valence-corrected chi connectivity index (χ2v) is 3.40. The smallest absolute Gasteiger partial charge is 0.149 e. The molecule has 1 fully saturated rings. The third-order valence-electron chi connectivity index (χ3n) is 2.43. The molecule has 1 aromatic heterocycles. The van der Waals surface area contributed by atoms with Crippen LogP contribution in [-0.4, -0.2) is 28.8 Å². The van der Waals surface area contributed by atoms with Gasteiger partial charge in [0, 0.05) is 25.9 Å². The molecule has 2 heterocycles. The number of rotatable bonds is 1. The van der Waals surface area contributed by atoms with E-state index in [-0.39, 0.29) is 5.78 Å². The molecule has 1 saturated heterocycles. The highest BCUT2D eigenvalue weighted by atomic mass is 16.1. The largest absolute Gasteiger partial charge is 0.355 e. The van der Waals surface area contributed by atoms with E-state index >= 15 is 0 Å². The number of carbonyl (C=O) groups is 1. The number of Topliss-reactive ketones (excluding diaryl/α,β-unsaturated/α-hetero) is 1. The van der Waals surface area contributed by atoms with Gasteiger partial charge in [0.05, 0.1) is 6.20 Å². The summed E-state index contributed by atoms with van der Waals surface area (Å²) in [5.41, 5.74) is 0.465. The number of ketones is 1. The van der Waals surface area contributed by atoms with Gasteiger partial charge in [0.15, 0.2) is 0 Å². The third-order valence-corrected chi connectivity index (χ3v) is 2.43. The molecule has 1 aliphatic heterocycles. The molecule has 0 N–H and O–H groups in total. The van der Waals surface area contributed by atoms with Crippen molar-refractivity contribution < 1.29 is 4.79 Å². The van der Waals surface area contributed by atoms with E-state index in [0.717, 1.165) is 0 Å². The predicted octanol–water partition coefficient (Wildman–Crippen LogP) is 0.518. The number of hydrogen-bond donors (Lipinski definition) is 0. The Hall–Kier alpha value is -1.96. The molecule has 15 heavy (non-hydrogen) atoms. The lowest BCUT2D eigenvalue weighted by atomic mass is 10.1. The molecule has 0 spiro atoms. The van der Waals surface area contributed by atoms with Crippen LogP contribution >= 0.6 is 0 Å². The lowest BCUT2D eigenvalue weighted by molar-refractivity contribution is -0.119. The fraction of sp³-hybridized carbons (Fsp3) is 0.400. The molecule has 5 heteroatoms. The van der Waals surface area contributed by atoms with Gasteiger partial charge in [-0.15, -0.1) is 0 Å². The van der Waals surface area contributed by atoms with Crippen LogP contribution in [0.5, 0.6) is 0 Å². The molecule has 0 atom stereocenters. The lowest BCUT2D eigenvalue weighted by Gasteiger charge is -2.27. The zero-order valence-electron chi connectivity index (χ0n) is 8.18. The molecule has 1 aliphatic rings. The van der Waals surface area contributed by atoms with Crippen LogP contribution in [0.2, 0.25) is 0 Å². The van der Waals surface area contributed by atoms with Gasteiger partial charge in [-0.2, -0.15) is 5.26 Å². The van der Waals surface area contributed by atoms with Crippen LogP contribution in [0.25, 0.3) is 0 Å². The summed E-state index contributed by atoms with van der Waals surface area (Å²) in [6.07, 6.45) is 4.00. The maximum absolute atomic E-state index is 11.1. The van der Waals surface area contributed by atoms with E-state index in [9.17, 15) is 4.79 Å². The molecule has 0 unspecified atom stereocenters. The second-order valence-electron chi connectivity index (χ2n) is 3.40. The van der Waals surface area contributed by atoms with Gasteiger partial charge >= 0.3 is 0 Å². The molecule has 0 aliphatic carbocycles. The fourth-order valence-electron chi connectivity index (χ4n) is 1.62. The first kappa shape index (κ1) is 9.59. The van der Waals surface area contributed by atoms with Crippen LogP contribution in [0.3, 0.4) is 0 Å². The van der Waals surface area contributed by atoms with E-state index in [2.05, 4.69) is 16.0 Å². The van der Waals surface area contributed by atoms with E-state index in [1.165, 1.54) is 12.5 Å². The monoisotopic (exact) mass is 202 g/mol. The minimum Gasteiger partial charge on any atom is -0.355 e. The Morgan fingerprint density at radius 2 is 2.13 bits per heavy atom. The van der Waals surface area contributed by atoms with Crippen molar-refractivity contribution in [2.45, 2.75) is 12.8 Å². The number of anilines is 1. The molecule has 0 bridgehead atoms. The van der Waals surface area contributed by atoms with Crippen molar-refractivity contribution in [1.82, 2.24) is 9.97 Å². The van der Waals surface area contributed by atoms with Crippen LogP contribution < -0.4 is 4.90 Å². The number of aromatic nitrogens is 2. The molecular weight excluding hydrogens is 192 g/mol. The Morgan fingerprint density at radius 3 is 2.80 bits per heavy atom. The van der Waals surface area contributed by atoms with E-state index in [4.69, 9.17) is 5.26 Å². The molecule has 2 rings (SSSR count). The van der Waals surface area contributed by atoms with Crippen molar-refractivity contribution in [3.63, 3.8) is 0 Å². The van der Waals surface area contributed by atoms with Crippen molar-refractivity contribution in [3.05, 3.63) is 18.1 Å². The Labute approximate surface area is 87.4 Å². The zero-order valence-corrected chi connectivity index (χ0v) is 8.18. The Kier molecular flexibility index (Phi) is 2.59. The average molecular weight is 202 g/mol. The first-order chi connectivity index (χ1) is 7.31. The minimum atomic E-state index is 0.277. The molecule has 5 nitrogen and oxygen atoms in total. The van der Waals surface area contributed by atoms with Gasteiger partial charge in [-0.05, 0) is 0 Å². The van der Waals surface area contributed by atoms with Gasteiger partial charge < -0.3 is 4.90 Å². The van der Waals surface area contributed by atoms with Gasteiger partial charge in [-0.25, -0.2) is 9.97 Å². The molecule has 0 amide bonds. The highest BCUT2D eigenvalue weighted by Gasteiger charge is 2.19. The zero-order chi connectivity index (χ0) is 10.7. The summed E-state index contributed by atoms with van der Waals surface area (Å²) in [5.74, 6) is 0.916. The standard InChI is InChI=1S/C10H10N4O/c11-5-8-6-12-7-13-10(8)14-3-1-9(15)2-4-14/h6-7H,1-4H2. The lowest BCUT2D eigenvalue weighted by Crippen LogP contribution is -2.34. The maximum Gasteiger partial charge on any atom is 0.149 e. The minimum absolute atomic E-state index is 0.277. The quantitative estimate of drug-likeness (QED) is 0.663. The van der Waals surface area contributed by atoms with Gasteiger partial charge in [-0.3, -0.25) is 4.79 Å². The normalized spacial score (nSPS) is 16.2. The van der Waals surface area contributed by atoms with E-state index in [1.807, 2.05) is 4.90 Å². The fourth-order valence-corrected chi connectivity index (χ4v) is 1.62. The highest BCUT2D eigenvalue weighted by Crippen LogP contribution is 2.18. The van der Waals surface area contributed by atoms with Crippen LogP contribution in [0, 0.1) is 11.3 Å². The molecule has 0 radical (unpaired) electrons. The summed E-state index contributed by atoms with van der Waals surface area (Å²) < 4.78 is 0. The number of nitriles is 1. The molecule has 1 aromatic rings. The topological polar surface area (TPSA) is 69.9 Å². The van der Waals surface area contributed by atoms with Crippen molar-refractivity contribution in [1.29, 1.82) is 5.26 Å². The van der Waals surface area contributed by atoms with E-state index in [1.54, 1.807) is 0 Å². The van der Waals surface area contributed by atoms with Crippen molar-refractivity contribution in [2.24, 2.45) is 0 Å². The first-order valence-electron chi connectivity index (χ1n) is 4.78. The summed E-state index contributed by atoms with van der Waals surface area (Å²) in [6.45, 7) is 1.29. The van der Waals surface area contributed by atoms with E-state index < -0.39 is 0 Å². The number of hydrogen-bond acceptors (Lipinski definition) is 5. The van der Waals surface area contributed by atoms with Crippen molar-refractivity contribution in [2.75, 3.05) is 18.0 Å². The van der Waals surface area contributed by atoms with Crippen LogP contribution in [-0.2, 0) is 4.79 Å². The molecular formula is C10H10N4O. The van der Waals surface area contributed by atoms with Gasteiger partial charge in [0.2, 0.25) is 0 Å². The van der Waals surface area contributed by atoms with Crippen LogP contribution in [0.1, 0.15) is 18.4 Å². The first-order valence-corrected chi connectivity index (χ1v) is 4.78. The van der Waals surface area contributed by atoms with Crippen LogP contribution in [0.4, 0.5) is 5.82 Å².